The van der Waals surface area contributed by atoms with Gasteiger partial charge in [-0.15, -0.1) is 0 Å². The van der Waals surface area contributed by atoms with E-state index in [-0.39, 0.29) is 0 Å². The summed E-state index contributed by atoms with van der Waals surface area (Å²) in [6.45, 7) is 3.67. The van der Waals surface area contributed by atoms with Crippen LogP contribution in [0.4, 0.5) is 0 Å². The molecule has 0 bridgehead atoms. The van der Waals surface area contributed by atoms with Crippen molar-refractivity contribution >= 4 is 0 Å². The van der Waals surface area contributed by atoms with E-state index in [1.165, 1.54) is 23.1 Å². The third-order valence-electron chi connectivity index (χ3n) is 4.09. The lowest BCUT2D eigenvalue weighted by molar-refractivity contribution is 0.112. The molecular formula is C19H23NO. The molecule has 0 aromatic heterocycles. The van der Waals surface area contributed by atoms with Crippen molar-refractivity contribution in [2.75, 3.05) is 19.8 Å². The molecule has 0 heterocycles. The summed E-state index contributed by atoms with van der Waals surface area (Å²) in [5.74, 6) is 0.624. The number of rotatable bonds is 8. The lowest BCUT2D eigenvalue weighted by Crippen LogP contribution is -2.22. The van der Waals surface area contributed by atoms with Crippen LogP contribution in [0.2, 0.25) is 0 Å². The SMILES string of the molecule is c1ccc(CNCCCOCC2Cc3ccccc32)cc1. The van der Waals surface area contributed by atoms with Crippen LogP contribution in [0.15, 0.2) is 54.6 Å². The second-order valence-corrected chi connectivity index (χ2v) is 5.69. The van der Waals surface area contributed by atoms with Gasteiger partial charge in [0.2, 0.25) is 0 Å². The third kappa shape index (κ3) is 3.93. The number of hydrogen-bond acceptors (Lipinski definition) is 2. The largest absolute Gasteiger partial charge is 0.381 e. The lowest BCUT2D eigenvalue weighted by atomic mass is 9.78. The summed E-state index contributed by atoms with van der Waals surface area (Å²) in [7, 11) is 0. The fraction of sp³-hybridized carbons (Fsp3) is 0.368. The highest BCUT2D eigenvalue weighted by Crippen LogP contribution is 2.34. The van der Waals surface area contributed by atoms with Crippen LogP contribution < -0.4 is 5.32 Å². The Bertz CT molecular complexity index is 553. The van der Waals surface area contributed by atoms with Crippen molar-refractivity contribution in [3.8, 4) is 0 Å². The molecule has 1 unspecified atom stereocenters. The summed E-state index contributed by atoms with van der Waals surface area (Å²) in [5, 5.41) is 3.45. The monoisotopic (exact) mass is 281 g/mol. The first kappa shape index (κ1) is 14.3. The average molecular weight is 281 g/mol. The highest BCUT2D eigenvalue weighted by Gasteiger charge is 2.24. The summed E-state index contributed by atoms with van der Waals surface area (Å²) in [6, 6.07) is 19.2. The second-order valence-electron chi connectivity index (χ2n) is 5.69. The highest BCUT2D eigenvalue weighted by atomic mass is 16.5. The molecule has 2 heteroatoms. The fourth-order valence-electron chi connectivity index (χ4n) is 2.86. The lowest BCUT2D eigenvalue weighted by Gasteiger charge is -2.29. The molecule has 2 aromatic carbocycles. The Morgan fingerprint density at radius 2 is 1.81 bits per heavy atom. The molecule has 0 spiro atoms. The first-order valence-electron chi connectivity index (χ1n) is 7.83. The van der Waals surface area contributed by atoms with Gasteiger partial charge in [0.25, 0.3) is 0 Å². The molecule has 3 rings (SSSR count). The Morgan fingerprint density at radius 3 is 2.67 bits per heavy atom. The molecule has 1 N–H and O–H groups in total. The van der Waals surface area contributed by atoms with E-state index in [2.05, 4.69) is 59.9 Å². The normalized spacial score (nSPS) is 16.3. The Hall–Kier alpha value is -1.64. The third-order valence-corrected chi connectivity index (χ3v) is 4.09. The zero-order valence-corrected chi connectivity index (χ0v) is 12.4. The minimum atomic E-state index is 0.624. The molecule has 1 aliphatic carbocycles. The molecule has 0 fully saturated rings. The topological polar surface area (TPSA) is 21.3 Å². The highest BCUT2D eigenvalue weighted by molar-refractivity contribution is 5.39. The molecule has 110 valence electrons. The smallest absolute Gasteiger partial charge is 0.0538 e. The Kier molecular flexibility index (Phi) is 5.03. The van der Waals surface area contributed by atoms with Gasteiger partial charge in [-0.05, 0) is 36.1 Å². The van der Waals surface area contributed by atoms with E-state index in [4.69, 9.17) is 4.74 Å². The second kappa shape index (κ2) is 7.39. The molecular weight excluding hydrogens is 258 g/mol. The van der Waals surface area contributed by atoms with E-state index < -0.39 is 0 Å². The van der Waals surface area contributed by atoms with Gasteiger partial charge in [-0.2, -0.15) is 0 Å². The van der Waals surface area contributed by atoms with Crippen LogP contribution >= 0.6 is 0 Å². The van der Waals surface area contributed by atoms with Gasteiger partial charge in [0.05, 0.1) is 6.61 Å². The van der Waals surface area contributed by atoms with E-state index >= 15 is 0 Å². The summed E-state index contributed by atoms with van der Waals surface area (Å²) in [4.78, 5) is 0. The summed E-state index contributed by atoms with van der Waals surface area (Å²) >= 11 is 0. The average Bonchev–Trinajstić information content (AvgIpc) is 2.51. The fourth-order valence-corrected chi connectivity index (χ4v) is 2.86. The van der Waals surface area contributed by atoms with Gasteiger partial charge in [-0.25, -0.2) is 0 Å². The van der Waals surface area contributed by atoms with E-state index in [1.807, 2.05) is 0 Å². The molecule has 0 aliphatic heterocycles. The van der Waals surface area contributed by atoms with Crippen LogP contribution in [0.5, 0.6) is 0 Å². The maximum Gasteiger partial charge on any atom is 0.0538 e. The van der Waals surface area contributed by atoms with Gasteiger partial charge in [0.1, 0.15) is 0 Å². The van der Waals surface area contributed by atoms with E-state index in [0.29, 0.717) is 5.92 Å². The summed E-state index contributed by atoms with van der Waals surface area (Å²) in [6.07, 6.45) is 2.25. The molecule has 1 aliphatic rings. The predicted octanol–water partition coefficient (Wildman–Crippen LogP) is 3.52. The van der Waals surface area contributed by atoms with Gasteiger partial charge in [0, 0.05) is 19.1 Å². The van der Waals surface area contributed by atoms with Gasteiger partial charge in [-0.3, -0.25) is 0 Å². The van der Waals surface area contributed by atoms with Crippen molar-refractivity contribution in [1.82, 2.24) is 5.32 Å². The molecule has 0 saturated heterocycles. The van der Waals surface area contributed by atoms with Gasteiger partial charge < -0.3 is 10.1 Å². The molecule has 2 aromatic rings. The Balaban J connectivity index is 1.24. The van der Waals surface area contributed by atoms with Crippen molar-refractivity contribution in [3.05, 3.63) is 71.3 Å². The first-order valence-corrected chi connectivity index (χ1v) is 7.83. The molecule has 0 saturated carbocycles. The van der Waals surface area contributed by atoms with Crippen molar-refractivity contribution in [1.29, 1.82) is 0 Å². The molecule has 1 atom stereocenters. The molecule has 0 radical (unpaired) electrons. The van der Waals surface area contributed by atoms with Crippen LogP contribution in [-0.4, -0.2) is 19.8 Å². The maximum atomic E-state index is 5.81. The van der Waals surface area contributed by atoms with Crippen LogP contribution in [0, 0.1) is 0 Å². The summed E-state index contributed by atoms with van der Waals surface area (Å²) in [5.41, 5.74) is 4.32. The van der Waals surface area contributed by atoms with E-state index in [1.54, 1.807) is 0 Å². The van der Waals surface area contributed by atoms with E-state index in [0.717, 1.165) is 32.7 Å². The van der Waals surface area contributed by atoms with Gasteiger partial charge in [-0.1, -0.05) is 54.6 Å². The van der Waals surface area contributed by atoms with Crippen LogP contribution in [0.25, 0.3) is 0 Å². The van der Waals surface area contributed by atoms with Crippen LogP contribution in [-0.2, 0) is 17.7 Å². The summed E-state index contributed by atoms with van der Waals surface area (Å²) < 4.78 is 5.81. The Morgan fingerprint density at radius 1 is 1.00 bits per heavy atom. The van der Waals surface area contributed by atoms with Crippen molar-refractivity contribution in [2.45, 2.75) is 25.3 Å². The van der Waals surface area contributed by atoms with Gasteiger partial charge >= 0.3 is 0 Å². The maximum absolute atomic E-state index is 5.81. The zero-order chi connectivity index (χ0) is 14.3. The minimum absolute atomic E-state index is 0.624. The first-order chi connectivity index (χ1) is 10.4. The minimum Gasteiger partial charge on any atom is -0.381 e. The van der Waals surface area contributed by atoms with Gasteiger partial charge in [0.15, 0.2) is 0 Å². The zero-order valence-electron chi connectivity index (χ0n) is 12.4. The number of ether oxygens (including phenoxy) is 1. The van der Waals surface area contributed by atoms with Crippen LogP contribution in [0.1, 0.15) is 29.0 Å². The quantitative estimate of drug-likeness (QED) is 0.748. The molecule has 2 nitrogen and oxygen atoms in total. The predicted molar refractivity (Wildman–Crippen MR) is 86.5 cm³/mol. The standard InChI is InChI=1S/C19H23NO/c1-2-7-16(8-3-1)14-20-11-6-12-21-15-18-13-17-9-4-5-10-19(17)18/h1-5,7-10,18,20H,6,11-15H2. The molecule has 21 heavy (non-hydrogen) atoms. The van der Waals surface area contributed by atoms with E-state index in [9.17, 15) is 0 Å². The number of hydrogen-bond donors (Lipinski definition) is 1. The van der Waals surface area contributed by atoms with Crippen molar-refractivity contribution in [3.63, 3.8) is 0 Å². The number of fused-ring (bicyclic) bond motifs is 1. The van der Waals surface area contributed by atoms with Crippen molar-refractivity contribution in [2.24, 2.45) is 0 Å². The van der Waals surface area contributed by atoms with Crippen LogP contribution in [0.3, 0.4) is 0 Å². The Labute approximate surface area is 127 Å². The number of nitrogens with one attached hydrogen (secondary N) is 1. The number of benzene rings is 2. The molecule has 0 amide bonds. The van der Waals surface area contributed by atoms with Crippen molar-refractivity contribution < 1.29 is 4.74 Å².